The van der Waals surface area contributed by atoms with Gasteiger partial charge in [-0.3, -0.25) is 9.69 Å². The van der Waals surface area contributed by atoms with Gasteiger partial charge < -0.3 is 4.74 Å². The normalized spacial score (nSPS) is 11.6. The Balaban J connectivity index is 2.90. The van der Waals surface area contributed by atoms with Crippen molar-refractivity contribution in [2.75, 3.05) is 20.2 Å². The van der Waals surface area contributed by atoms with Gasteiger partial charge in [0.15, 0.2) is 0 Å². The summed E-state index contributed by atoms with van der Waals surface area (Å²) in [5, 5.41) is 0. The molecule has 3 heteroatoms. The molecule has 19 heavy (non-hydrogen) atoms. The van der Waals surface area contributed by atoms with E-state index in [4.69, 9.17) is 11.2 Å². The van der Waals surface area contributed by atoms with E-state index in [1.165, 1.54) is 7.11 Å². The van der Waals surface area contributed by atoms with Crippen molar-refractivity contribution in [3.63, 3.8) is 0 Å². The minimum Gasteiger partial charge on any atom is -0.468 e. The van der Waals surface area contributed by atoms with E-state index in [0.29, 0.717) is 19.5 Å². The highest BCUT2D eigenvalue weighted by atomic mass is 16.5. The van der Waals surface area contributed by atoms with E-state index in [1.54, 1.807) is 6.08 Å². The summed E-state index contributed by atoms with van der Waals surface area (Å²) < 4.78 is 4.87. The summed E-state index contributed by atoms with van der Waals surface area (Å²) in [5.41, 5.74) is 1.07. The van der Waals surface area contributed by atoms with Crippen LogP contribution >= 0.6 is 0 Å². The molecule has 0 spiro atoms. The molecule has 3 nitrogen and oxygen atoms in total. The number of esters is 1. The average molecular weight is 257 g/mol. The van der Waals surface area contributed by atoms with Gasteiger partial charge in [-0.15, -0.1) is 13.0 Å². The molecule has 0 bridgehead atoms. The van der Waals surface area contributed by atoms with Crippen LogP contribution < -0.4 is 0 Å². The Kier molecular flexibility index (Phi) is 6.42. The zero-order valence-electron chi connectivity index (χ0n) is 11.2. The van der Waals surface area contributed by atoms with Crippen LogP contribution in [0.3, 0.4) is 0 Å². The zero-order chi connectivity index (χ0) is 14.1. The molecule has 0 N–H and O–H groups in total. The van der Waals surface area contributed by atoms with Crippen molar-refractivity contribution in [2.45, 2.75) is 12.5 Å². The summed E-state index contributed by atoms with van der Waals surface area (Å²) in [6.07, 6.45) is 7.66. The summed E-state index contributed by atoms with van der Waals surface area (Å²) in [5.74, 6) is 2.29. The smallest absolute Gasteiger partial charge is 0.323 e. The molecule has 100 valence electrons. The van der Waals surface area contributed by atoms with Gasteiger partial charge in [-0.25, -0.2) is 0 Å². The van der Waals surface area contributed by atoms with Crippen LogP contribution in [0, 0.1) is 12.3 Å². The summed E-state index contributed by atoms with van der Waals surface area (Å²) in [7, 11) is 1.39. The van der Waals surface area contributed by atoms with Crippen LogP contribution in [0.25, 0.3) is 0 Å². The Morgan fingerprint density at radius 2 is 2.21 bits per heavy atom. The Hall–Kier alpha value is -2.05. The van der Waals surface area contributed by atoms with E-state index < -0.39 is 0 Å². The number of carbonyl (C=O) groups excluding carboxylic acids is 1. The lowest BCUT2D eigenvalue weighted by Crippen LogP contribution is -2.43. The number of hydrogen-bond donors (Lipinski definition) is 0. The Morgan fingerprint density at radius 3 is 2.74 bits per heavy atom. The number of methoxy groups -OCH3 is 1. The van der Waals surface area contributed by atoms with Gasteiger partial charge in [-0.1, -0.05) is 42.3 Å². The first-order chi connectivity index (χ1) is 9.22. The molecule has 0 unspecified atom stereocenters. The maximum Gasteiger partial charge on any atom is 0.323 e. The molecule has 0 aliphatic heterocycles. The minimum atomic E-state index is -0.388. The SMILES string of the molecule is C#CCN(CC=C)[C@@H](Cc1ccccc1)C(=O)OC. The van der Waals surface area contributed by atoms with Gasteiger partial charge in [-0.2, -0.15) is 0 Å². The Bertz CT molecular complexity index is 448. The average Bonchev–Trinajstić information content (AvgIpc) is 2.45. The number of rotatable bonds is 7. The second kappa shape index (κ2) is 8.12. The fourth-order valence-corrected chi connectivity index (χ4v) is 1.92. The first-order valence-electron chi connectivity index (χ1n) is 6.13. The number of nitrogens with zero attached hydrogens (tertiary/aromatic N) is 1. The molecule has 1 aromatic rings. The third-order valence-electron chi connectivity index (χ3n) is 2.84. The number of carbonyl (C=O) groups is 1. The molecule has 0 amide bonds. The highest BCUT2D eigenvalue weighted by Crippen LogP contribution is 2.10. The van der Waals surface area contributed by atoms with E-state index in [0.717, 1.165) is 5.56 Å². The van der Waals surface area contributed by atoms with Crippen LogP contribution in [0.5, 0.6) is 0 Å². The Labute approximate surface area is 114 Å². The van der Waals surface area contributed by atoms with Gasteiger partial charge in [0.25, 0.3) is 0 Å². The largest absolute Gasteiger partial charge is 0.468 e. The number of terminal acetylenes is 1. The molecule has 0 aliphatic carbocycles. The lowest BCUT2D eigenvalue weighted by molar-refractivity contribution is -0.146. The molecule has 0 saturated carbocycles. The van der Waals surface area contributed by atoms with E-state index >= 15 is 0 Å². The number of benzene rings is 1. The zero-order valence-corrected chi connectivity index (χ0v) is 11.2. The van der Waals surface area contributed by atoms with Crippen molar-refractivity contribution in [2.24, 2.45) is 0 Å². The topological polar surface area (TPSA) is 29.5 Å². The standard InChI is InChI=1S/C16H19NO2/c1-4-11-17(12-5-2)15(16(18)19-3)13-14-9-7-6-8-10-14/h1,5-10,15H,2,11-13H2,3H3/t15-/m0/s1. The molecule has 0 heterocycles. The number of ether oxygens (including phenoxy) is 1. The molecule has 1 rings (SSSR count). The highest BCUT2D eigenvalue weighted by molar-refractivity contribution is 5.76. The Morgan fingerprint density at radius 1 is 1.53 bits per heavy atom. The van der Waals surface area contributed by atoms with E-state index in [2.05, 4.69) is 12.5 Å². The molecule has 0 radical (unpaired) electrons. The predicted octanol–water partition coefficient (Wildman–Crippen LogP) is 1.89. The van der Waals surface area contributed by atoms with Crippen molar-refractivity contribution < 1.29 is 9.53 Å². The fraction of sp³-hybridized carbons (Fsp3) is 0.312. The molecule has 0 aliphatic rings. The second-order valence-electron chi connectivity index (χ2n) is 4.15. The molecular formula is C16H19NO2. The van der Waals surface area contributed by atoms with Gasteiger partial charge in [0, 0.05) is 6.54 Å². The van der Waals surface area contributed by atoms with E-state index in [1.807, 2.05) is 35.2 Å². The maximum absolute atomic E-state index is 11.9. The van der Waals surface area contributed by atoms with Crippen molar-refractivity contribution in [1.82, 2.24) is 4.90 Å². The quantitative estimate of drug-likeness (QED) is 0.424. The van der Waals surface area contributed by atoms with Gasteiger partial charge in [-0.05, 0) is 12.0 Å². The van der Waals surface area contributed by atoms with E-state index in [-0.39, 0.29) is 12.0 Å². The van der Waals surface area contributed by atoms with Gasteiger partial charge in [0.1, 0.15) is 6.04 Å². The van der Waals surface area contributed by atoms with Gasteiger partial charge in [0.2, 0.25) is 0 Å². The maximum atomic E-state index is 11.9. The molecule has 0 fully saturated rings. The van der Waals surface area contributed by atoms with Crippen molar-refractivity contribution in [3.8, 4) is 12.3 Å². The monoisotopic (exact) mass is 257 g/mol. The first-order valence-corrected chi connectivity index (χ1v) is 6.13. The van der Waals surface area contributed by atoms with Crippen LogP contribution in [0.15, 0.2) is 43.0 Å². The first kappa shape index (κ1) is 15.0. The van der Waals surface area contributed by atoms with Crippen molar-refractivity contribution in [1.29, 1.82) is 0 Å². The lowest BCUT2D eigenvalue weighted by atomic mass is 10.0. The summed E-state index contributed by atoms with van der Waals surface area (Å²) in [6, 6.07) is 9.42. The van der Waals surface area contributed by atoms with Gasteiger partial charge in [0.05, 0.1) is 13.7 Å². The molecular weight excluding hydrogens is 238 g/mol. The highest BCUT2D eigenvalue weighted by Gasteiger charge is 2.25. The van der Waals surface area contributed by atoms with Crippen LogP contribution in [0.2, 0.25) is 0 Å². The second-order valence-corrected chi connectivity index (χ2v) is 4.15. The molecule has 0 saturated heterocycles. The van der Waals surface area contributed by atoms with Crippen LogP contribution in [-0.4, -0.2) is 37.1 Å². The van der Waals surface area contributed by atoms with Crippen LogP contribution in [0.1, 0.15) is 5.56 Å². The third kappa shape index (κ3) is 4.61. The predicted molar refractivity (Wildman–Crippen MR) is 76.6 cm³/mol. The molecule has 1 aromatic carbocycles. The fourth-order valence-electron chi connectivity index (χ4n) is 1.92. The molecule has 0 aromatic heterocycles. The van der Waals surface area contributed by atoms with Crippen molar-refractivity contribution >= 4 is 5.97 Å². The van der Waals surface area contributed by atoms with Crippen LogP contribution in [-0.2, 0) is 16.0 Å². The minimum absolute atomic E-state index is 0.277. The van der Waals surface area contributed by atoms with Crippen LogP contribution in [0.4, 0.5) is 0 Å². The van der Waals surface area contributed by atoms with Gasteiger partial charge >= 0.3 is 5.97 Å². The summed E-state index contributed by atoms with van der Waals surface area (Å²) in [6.45, 7) is 4.63. The number of hydrogen-bond acceptors (Lipinski definition) is 3. The summed E-state index contributed by atoms with van der Waals surface area (Å²) >= 11 is 0. The van der Waals surface area contributed by atoms with E-state index in [9.17, 15) is 4.79 Å². The van der Waals surface area contributed by atoms with Crippen molar-refractivity contribution in [3.05, 3.63) is 48.6 Å². The molecule has 1 atom stereocenters. The lowest BCUT2D eigenvalue weighted by Gasteiger charge is -2.27. The summed E-state index contributed by atoms with van der Waals surface area (Å²) in [4.78, 5) is 13.8. The third-order valence-corrected chi connectivity index (χ3v) is 2.84.